The van der Waals surface area contributed by atoms with Gasteiger partial charge in [-0.05, 0) is 52.1 Å². The highest BCUT2D eigenvalue weighted by atomic mass is 16.5. The lowest BCUT2D eigenvalue weighted by atomic mass is 9.78. The standard InChI is InChI=1S/C26H30O4/c1-15-9-8-10-17-22(15)20(27)13-21(23(17)28)30-14-16-11-18(25(2,3)4)24(29)19(12-16)26(5,6)7/h8-13,29H,14H2,1-7H3. The van der Waals surface area contributed by atoms with Gasteiger partial charge in [0.1, 0.15) is 12.4 Å². The number of hydrogen-bond donors (Lipinski definition) is 1. The van der Waals surface area contributed by atoms with Gasteiger partial charge in [0.15, 0.2) is 11.5 Å². The number of carbonyl (C=O) groups excluding carboxylic acids is 2. The molecule has 0 amide bonds. The van der Waals surface area contributed by atoms with Crippen LogP contribution < -0.4 is 0 Å². The maximum atomic E-state index is 12.9. The number of ketones is 2. The molecule has 2 aromatic rings. The van der Waals surface area contributed by atoms with Crippen molar-refractivity contribution in [3.63, 3.8) is 0 Å². The van der Waals surface area contributed by atoms with E-state index in [1.807, 2.05) is 66.7 Å². The van der Waals surface area contributed by atoms with Gasteiger partial charge >= 0.3 is 0 Å². The third-order valence-corrected chi connectivity index (χ3v) is 5.43. The minimum atomic E-state index is -0.279. The molecule has 0 heterocycles. The van der Waals surface area contributed by atoms with Gasteiger partial charge in [-0.3, -0.25) is 9.59 Å². The fourth-order valence-corrected chi connectivity index (χ4v) is 3.76. The van der Waals surface area contributed by atoms with Crippen molar-refractivity contribution in [3.8, 4) is 5.75 Å². The molecule has 0 fully saturated rings. The Labute approximate surface area is 178 Å². The fourth-order valence-electron chi connectivity index (χ4n) is 3.76. The summed E-state index contributed by atoms with van der Waals surface area (Å²) < 4.78 is 5.83. The third kappa shape index (κ3) is 4.04. The largest absolute Gasteiger partial charge is 0.507 e. The lowest BCUT2D eigenvalue weighted by Crippen LogP contribution is -2.20. The maximum absolute atomic E-state index is 12.9. The van der Waals surface area contributed by atoms with Gasteiger partial charge in [0.05, 0.1) is 0 Å². The number of rotatable bonds is 3. The van der Waals surface area contributed by atoms with Crippen molar-refractivity contribution in [1.82, 2.24) is 0 Å². The van der Waals surface area contributed by atoms with Gasteiger partial charge in [-0.15, -0.1) is 0 Å². The second kappa shape index (κ2) is 7.42. The Balaban J connectivity index is 1.95. The molecule has 0 bridgehead atoms. The summed E-state index contributed by atoms with van der Waals surface area (Å²) in [6.07, 6.45) is 1.29. The maximum Gasteiger partial charge on any atom is 0.228 e. The van der Waals surface area contributed by atoms with Crippen LogP contribution in [0, 0.1) is 6.92 Å². The van der Waals surface area contributed by atoms with E-state index in [1.165, 1.54) is 6.08 Å². The Hall–Kier alpha value is -2.88. The van der Waals surface area contributed by atoms with Crippen molar-refractivity contribution in [2.45, 2.75) is 65.9 Å². The molecule has 0 spiro atoms. The first-order valence-electron chi connectivity index (χ1n) is 10.2. The normalized spacial score (nSPS) is 14.4. The zero-order valence-corrected chi connectivity index (χ0v) is 18.8. The molecule has 0 aliphatic heterocycles. The van der Waals surface area contributed by atoms with Crippen molar-refractivity contribution in [3.05, 3.63) is 75.5 Å². The summed E-state index contributed by atoms with van der Waals surface area (Å²) in [6, 6.07) is 9.08. The average Bonchev–Trinajstić information content (AvgIpc) is 2.62. The van der Waals surface area contributed by atoms with E-state index < -0.39 is 0 Å². The van der Waals surface area contributed by atoms with Gasteiger partial charge < -0.3 is 9.84 Å². The molecule has 2 aromatic carbocycles. The summed E-state index contributed by atoms with van der Waals surface area (Å²) in [7, 11) is 0. The molecule has 0 radical (unpaired) electrons. The molecule has 0 unspecified atom stereocenters. The number of aromatic hydroxyl groups is 1. The van der Waals surface area contributed by atoms with Crippen LogP contribution in [0.1, 0.15) is 84.5 Å². The smallest absolute Gasteiger partial charge is 0.228 e. The summed E-state index contributed by atoms with van der Waals surface area (Å²) in [5, 5.41) is 10.9. The predicted molar refractivity (Wildman–Crippen MR) is 118 cm³/mol. The number of phenols is 1. The molecule has 0 aromatic heterocycles. The summed E-state index contributed by atoms with van der Waals surface area (Å²) in [5.74, 6) is -0.139. The van der Waals surface area contributed by atoms with Crippen LogP contribution in [-0.4, -0.2) is 16.7 Å². The molecule has 30 heavy (non-hydrogen) atoms. The van der Waals surface area contributed by atoms with E-state index in [9.17, 15) is 14.7 Å². The van der Waals surface area contributed by atoms with Crippen LogP contribution in [0.4, 0.5) is 0 Å². The van der Waals surface area contributed by atoms with Gasteiger partial charge in [-0.25, -0.2) is 0 Å². The lowest BCUT2D eigenvalue weighted by molar-refractivity contribution is 0.0869. The number of fused-ring (bicyclic) bond motifs is 1. The zero-order valence-electron chi connectivity index (χ0n) is 18.8. The molecule has 0 saturated carbocycles. The minimum Gasteiger partial charge on any atom is -0.507 e. The Bertz CT molecular complexity index is 1020. The van der Waals surface area contributed by atoms with E-state index in [4.69, 9.17) is 4.74 Å². The molecule has 1 aliphatic carbocycles. The van der Waals surface area contributed by atoms with E-state index in [2.05, 4.69) is 0 Å². The Morgan fingerprint density at radius 2 is 1.50 bits per heavy atom. The van der Waals surface area contributed by atoms with Crippen LogP contribution in [0.2, 0.25) is 0 Å². The van der Waals surface area contributed by atoms with Gasteiger partial charge in [-0.1, -0.05) is 59.7 Å². The predicted octanol–water partition coefficient (Wildman–Crippen LogP) is 5.78. The van der Waals surface area contributed by atoms with Crippen molar-refractivity contribution >= 4 is 11.6 Å². The lowest BCUT2D eigenvalue weighted by Gasteiger charge is -2.28. The quantitative estimate of drug-likeness (QED) is 0.702. The number of carbonyl (C=O) groups is 2. The van der Waals surface area contributed by atoms with Crippen molar-refractivity contribution in [2.75, 3.05) is 0 Å². The minimum absolute atomic E-state index is 0.0563. The highest BCUT2D eigenvalue weighted by molar-refractivity contribution is 6.24. The van der Waals surface area contributed by atoms with Crippen molar-refractivity contribution in [1.29, 1.82) is 0 Å². The second-order valence-corrected chi connectivity index (χ2v) is 10.0. The molecule has 4 nitrogen and oxygen atoms in total. The van der Waals surface area contributed by atoms with Gasteiger partial charge in [0.25, 0.3) is 0 Å². The SMILES string of the molecule is Cc1cccc2c1C(=O)C=C(OCc1cc(C(C)(C)C)c(O)c(C(C)(C)C)c1)C2=O. The first kappa shape index (κ1) is 21.8. The van der Waals surface area contributed by atoms with Crippen LogP contribution in [0.3, 0.4) is 0 Å². The highest BCUT2D eigenvalue weighted by Crippen LogP contribution is 2.40. The van der Waals surface area contributed by atoms with E-state index in [0.29, 0.717) is 16.9 Å². The molecule has 1 aliphatic rings. The first-order valence-corrected chi connectivity index (χ1v) is 10.2. The number of ether oxygens (including phenoxy) is 1. The van der Waals surface area contributed by atoms with E-state index in [0.717, 1.165) is 22.3 Å². The number of hydrogen-bond acceptors (Lipinski definition) is 4. The first-order chi connectivity index (χ1) is 13.8. The number of phenolic OH excluding ortho intramolecular Hbond substituents is 1. The van der Waals surface area contributed by atoms with E-state index >= 15 is 0 Å². The molecule has 1 N–H and O–H groups in total. The molecule has 3 rings (SSSR count). The highest BCUT2D eigenvalue weighted by Gasteiger charge is 2.29. The van der Waals surface area contributed by atoms with E-state index in [-0.39, 0.29) is 34.8 Å². The number of allylic oxidation sites excluding steroid dienone is 2. The summed E-state index contributed by atoms with van der Waals surface area (Å²) in [6.45, 7) is 14.2. The third-order valence-electron chi connectivity index (χ3n) is 5.43. The average molecular weight is 407 g/mol. The van der Waals surface area contributed by atoms with Crippen LogP contribution in [0.15, 0.2) is 42.2 Å². The van der Waals surface area contributed by atoms with Crippen LogP contribution in [-0.2, 0) is 22.2 Å². The van der Waals surface area contributed by atoms with Gasteiger partial charge in [-0.2, -0.15) is 0 Å². The van der Waals surface area contributed by atoms with Gasteiger partial charge in [0, 0.05) is 17.2 Å². The summed E-state index contributed by atoms with van der Waals surface area (Å²) in [5.41, 5.74) is 3.60. The zero-order chi connectivity index (χ0) is 22.4. The van der Waals surface area contributed by atoms with Gasteiger partial charge in [0.2, 0.25) is 5.78 Å². The fraction of sp³-hybridized carbons (Fsp3) is 0.385. The number of Topliss-reactive ketones (excluding diaryl/α,β-unsaturated/α-hetero) is 1. The number of benzene rings is 2. The molecular formula is C26H30O4. The second-order valence-electron chi connectivity index (χ2n) is 10.0. The monoisotopic (exact) mass is 406 g/mol. The van der Waals surface area contributed by atoms with Crippen molar-refractivity contribution < 1.29 is 19.4 Å². The van der Waals surface area contributed by atoms with Crippen LogP contribution in [0.5, 0.6) is 5.75 Å². The Morgan fingerprint density at radius 1 is 0.933 bits per heavy atom. The summed E-state index contributed by atoms with van der Waals surface area (Å²) in [4.78, 5) is 25.4. The van der Waals surface area contributed by atoms with Crippen LogP contribution >= 0.6 is 0 Å². The molecular weight excluding hydrogens is 376 g/mol. The Kier molecular flexibility index (Phi) is 5.40. The Morgan fingerprint density at radius 3 is 2.03 bits per heavy atom. The number of aryl methyl sites for hydroxylation is 1. The van der Waals surface area contributed by atoms with Crippen molar-refractivity contribution in [2.24, 2.45) is 0 Å². The summed E-state index contributed by atoms with van der Waals surface area (Å²) >= 11 is 0. The topological polar surface area (TPSA) is 63.6 Å². The molecule has 0 saturated heterocycles. The van der Waals surface area contributed by atoms with E-state index in [1.54, 1.807) is 12.1 Å². The van der Waals surface area contributed by atoms with Crippen LogP contribution in [0.25, 0.3) is 0 Å². The molecule has 158 valence electrons. The molecule has 0 atom stereocenters. The molecule has 4 heteroatoms.